The minimum Gasteiger partial charge on any atom is -0.396 e. The molecule has 5 nitrogen and oxygen atoms in total. The predicted octanol–water partition coefficient (Wildman–Crippen LogP) is 5.59. The number of carbonyl (C=O) groups is 2. The number of halogens is 4. The Morgan fingerprint density at radius 3 is 2.39 bits per heavy atom. The van der Waals surface area contributed by atoms with Gasteiger partial charge in [0.1, 0.15) is 5.82 Å². The van der Waals surface area contributed by atoms with Crippen LogP contribution in [0.2, 0.25) is 0 Å². The summed E-state index contributed by atoms with van der Waals surface area (Å²) in [5.74, 6) is -2.04. The number of unbranched alkanes of at least 4 members (excludes halogenated alkanes) is 4. The zero-order valence-electron chi connectivity index (χ0n) is 20.2. The minimum atomic E-state index is -4.87. The van der Waals surface area contributed by atoms with E-state index in [9.17, 15) is 27.2 Å². The molecule has 9 heteroatoms. The summed E-state index contributed by atoms with van der Waals surface area (Å²) < 4.78 is 53.1. The van der Waals surface area contributed by atoms with Gasteiger partial charge in [-0.1, -0.05) is 30.9 Å². The largest absolute Gasteiger partial charge is 0.419 e. The minimum absolute atomic E-state index is 0.0538. The normalized spacial score (nSPS) is 26.4. The highest BCUT2D eigenvalue weighted by Crippen LogP contribution is 2.54. The Bertz CT molecular complexity index is 990. The molecule has 0 saturated heterocycles. The number of nitrogens with one attached hydrogen (secondary N) is 2. The highest BCUT2D eigenvalue weighted by Gasteiger charge is 2.54. The Hall–Kier alpha value is -2.42. The maximum absolute atomic E-state index is 13.7. The van der Waals surface area contributed by atoms with E-state index in [1.807, 2.05) is 0 Å². The van der Waals surface area contributed by atoms with Gasteiger partial charge in [-0.15, -0.1) is 0 Å². The van der Waals surface area contributed by atoms with E-state index in [-0.39, 0.29) is 30.0 Å². The lowest BCUT2D eigenvalue weighted by atomic mass is 9.83. The molecule has 0 spiro atoms. The average molecular weight is 511 g/mol. The Labute approximate surface area is 208 Å². The summed E-state index contributed by atoms with van der Waals surface area (Å²) in [6.45, 7) is 0.167. The number of aliphatic hydroxyl groups excluding tert-OH is 1. The molecule has 4 atom stereocenters. The number of hydrogen-bond donors (Lipinski definition) is 3. The van der Waals surface area contributed by atoms with E-state index >= 15 is 0 Å². The second-order valence-electron chi connectivity index (χ2n) is 10.3. The molecule has 0 unspecified atom stereocenters. The number of rotatable bonds is 11. The first-order chi connectivity index (χ1) is 17.2. The quantitative estimate of drug-likeness (QED) is 0.206. The second-order valence-corrected chi connectivity index (χ2v) is 10.3. The highest BCUT2D eigenvalue weighted by molar-refractivity contribution is 5.95. The molecule has 2 bridgehead atoms. The van der Waals surface area contributed by atoms with Crippen molar-refractivity contribution in [3.05, 3.63) is 41.2 Å². The first-order valence-corrected chi connectivity index (χ1v) is 13.0. The van der Waals surface area contributed by atoms with Gasteiger partial charge in [-0.05, 0) is 68.6 Å². The van der Waals surface area contributed by atoms with Crippen LogP contribution >= 0.6 is 0 Å². The Kier molecular flexibility index (Phi) is 8.37. The molecule has 4 rings (SSSR count). The monoisotopic (exact) mass is 510 g/mol. The van der Waals surface area contributed by atoms with Crippen LogP contribution < -0.4 is 10.6 Å². The van der Waals surface area contributed by atoms with Gasteiger partial charge in [-0.2, -0.15) is 13.2 Å². The SMILES string of the molecule is O=C(CCCCCCCO)N[C@H]1[C@H](C(=O)Nc2ccc(F)c(C(F)(F)F)c2)[C@H]2CC[C@@H]1/C2=C\C1CC1. The summed E-state index contributed by atoms with van der Waals surface area (Å²) in [5, 5.41) is 14.5. The van der Waals surface area contributed by atoms with Gasteiger partial charge in [-0.25, -0.2) is 4.39 Å². The van der Waals surface area contributed by atoms with Crippen LogP contribution in [0.25, 0.3) is 0 Å². The van der Waals surface area contributed by atoms with Crippen molar-refractivity contribution in [2.45, 2.75) is 76.4 Å². The second kappa shape index (κ2) is 11.3. The van der Waals surface area contributed by atoms with E-state index in [0.29, 0.717) is 24.5 Å². The van der Waals surface area contributed by atoms with Crippen LogP contribution in [0.4, 0.5) is 23.2 Å². The lowest BCUT2D eigenvalue weighted by molar-refractivity contribution is -0.140. The summed E-state index contributed by atoms with van der Waals surface area (Å²) in [4.78, 5) is 26.1. The Morgan fingerprint density at radius 1 is 1.00 bits per heavy atom. The average Bonchev–Trinajstić information content (AvgIpc) is 3.50. The fourth-order valence-electron chi connectivity index (χ4n) is 5.79. The summed E-state index contributed by atoms with van der Waals surface area (Å²) in [7, 11) is 0. The van der Waals surface area contributed by atoms with Crippen LogP contribution in [0, 0.1) is 29.5 Å². The number of anilines is 1. The van der Waals surface area contributed by atoms with Crippen molar-refractivity contribution in [3.63, 3.8) is 0 Å². The van der Waals surface area contributed by atoms with Crippen LogP contribution in [0.1, 0.15) is 69.8 Å². The molecule has 1 aromatic rings. The van der Waals surface area contributed by atoms with Gasteiger partial charge in [0.2, 0.25) is 11.8 Å². The number of alkyl halides is 3. The predicted molar refractivity (Wildman–Crippen MR) is 127 cm³/mol. The van der Waals surface area contributed by atoms with E-state index in [4.69, 9.17) is 5.11 Å². The van der Waals surface area contributed by atoms with Crippen molar-refractivity contribution >= 4 is 17.5 Å². The van der Waals surface area contributed by atoms with Crippen molar-refractivity contribution in [1.82, 2.24) is 5.32 Å². The molecule has 3 N–H and O–H groups in total. The molecule has 3 saturated carbocycles. The van der Waals surface area contributed by atoms with Gasteiger partial charge < -0.3 is 15.7 Å². The van der Waals surface area contributed by atoms with Gasteiger partial charge in [-0.3, -0.25) is 9.59 Å². The molecule has 2 amide bonds. The van der Waals surface area contributed by atoms with Gasteiger partial charge in [0.05, 0.1) is 11.5 Å². The third-order valence-corrected chi connectivity index (χ3v) is 7.68. The third-order valence-electron chi connectivity index (χ3n) is 7.68. The molecule has 198 valence electrons. The van der Waals surface area contributed by atoms with Crippen molar-refractivity contribution < 1.29 is 32.3 Å². The van der Waals surface area contributed by atoms with Crippen molar-refractivity contribution in [2.75, 3.05) is 11.9 Å². The van der Waals surface area contributed by atoms with Gasteiger partial charge >= 0.3 is 6.18 Å². The number of aliphatic hydroxyl groups is 1. The van der Waals surface area contributed by atoms with E-state index in [2.05, 4.69) is 16.7 Å². The topological polar surface area (TPSA) is 78.4 Å². The van der Waals surface area contributed by atoms with Crippen LogP contribution in [-0.4, -0.2) is 29.6 Å². The molecule has 36 heavy (non-hydrogen) atoms. The first-order valence-electron chi connectivity index (χ1n) is 13.0. The van der Waals surface area contributed by atoms with Crippen LogP contribution in [0.15, 0.2) is 29.8 Å². The molecular weight excluding hydrogens is 476 g/mol. The molecule has 0 aromatic heterocycles. The number of hydrogen-bond acceptors (Lipinski definition) is 3. The van der Waals surface area contributed by atoms with E-state index in [1.54, 1.807) is 0 Å². The summed E-state index contributed by atoms with van der Waals surface area (Å²) in [5.41, 5.74) is -0.342. The standard InChI is InChI=1S/C27H34F4N2O3/c28-22-12-9-17(15-21(22)27(29,30)31)32-26(36)24-18-10-11-19(20(18)14-16-7-8-16)25(24)33-23(35)6-4-2-1-3-5-13-34/h9,12,14-16,18-19,24-25,34H,1-8,10-11,13H2,(H,32,36)(H,33,35)/b20-14-/t18-,19+,24+,25+/m0/s1. The number of benzene rings is 1. The van der Waals surface area contributed by atoms with E-state index in [0.717, 1.165) is 63.9 Å². The van der Waals surface area contributed by atoms with Crippen LogP contribution in [0.3, 0.4) is 0 Å². The molecule has 1 aromatic carbocycles. The maximum Gasteiger partial charge on any atom is 0.419 e. The van der Waals surface area contributed by atoms with Crippen molar-refractivity contribution in [3.8, 4) is 0 Å². The summed E-state index contributed by atoms with van der Waals surface area (Å²) in [6, 6.07) is 2.04. The summed E-state index contributed by atoms with van der Waals surface area (Å²) >= 11 is 0. The van der Waals surface area contributed by atoms with Crippen LogP contribution in [-0.2, 0) is 15.8 Å². The number of fused-ring (bicyclic) bond motifs is 2. The van der Waals surface area contributed by atoms with E-state index in [1.165, 1.54) is 5.57 Å². The Morgan fingerprint density at radius 2 is 1.69 bits per heavy atom. The first kappa shape index (κ1) is 26.6. The van der Waals surface area contributed by atoms with Gasteiger partial charge in [0, 0.05) is 30.7 Å². The molecule has 3 fully saturated rings. The van der Waals surface area contributed by atoms with Crippen molar-refractivity contribution in [2.24, 2.45) is 23.7 Å². The zero-order valence-corrected chi connectivity index (χ0v) is 20.2. The fraction of sp³-hybridized carbons (Fsp3) is 0.630. The van der Waals surface area contributed by atoms with Gasteiger partial charge in [0.15, 0.2) is 0 Å². The molecule has 3 aliphatic rings. The lowest BCUT2D eigenvalue weighted by Crippen LogP contribution is -2.48. The Balaban J connectivity index is 1.45. The molecule has 0 aliphatic heterocycles. The molecular formula is C27H34F4N2O3. The lowest BCUT2D eigenvalue weighted by Gasteiger charge is -2.30. The van der Waals surface area contributed by atoms with Gasteiger partial charge in [0.25, 0.3) is 0 Å². The number of carbonyl (C=O) groups excluding carboxylic acids is 2. The third kappa shape index (κ3) is 6.28. The molecule has 3 aliphatic carbocycles. The number of amides is 2. The zero-order chi connectivity index (χ0) is 25.9. The fourth-order valence-corrected chi connectivity index (χ4v) is 5.79. The van der Waals surface area contributed by atoms with E-state index < -0.39 is 35.4 Å². The van der Waals surface area contributed by atoms with Crippen LogP contribution in [0.5, 0.6) is 0 Å². The number of allylic oxidation sites excluding steroid dienone is 1. The maximum atomic E-state index is 13.7. The smallest absolute Gasteiger partial charge is 0.396 e. The molecule has 0 radical (unpaired) electrons. The summed E-state index contributed by atoms with van der Waals surface area (Å²) in [6.07, 6.45) is 5.83. The molecule has 0 heterocycles. The van der Waals surface area contributed by atoms with Crippen molar-refractivity contribution in [1.29, 1.82) is 0 Å². The highest BCUT2D eigenvalue weighted by atomic mass is 19.4.